The second-order valence-corrected chi connectivity index (χ2v) is 7.11. The molecule has 2 aromatic carbocycles. The van der Waals surface area contributed by atoms with Crippen LogP contribution in [-0.4, -0.2) is 28.8 Å². The van der Waals surface area contributed by atoms with Gasteiger partial charge in [-0.05, 0) is 62.7 Å². The molecule has 0 unspecified atom stereocenters. The molecule has 7 nitrogen and oxygen atoms in total. The number of ether oxygens (including phenoxy) is 1. The Morgan fingerprint density at radius 3 is 2.47 bits per heavy atom. The number of nitrogens with zero attached hydrogens (tertiary/aromatic N) is 3. The molecule has 0 saturated heterocycles. The summed E-state index contributed by atoms with van der Waals surface area (Å²) in [6, 6.07) is 14.8. The molecule has 0 bridgehead atoms. The number of hydrogen-bond acceptors (Lipinski definition) is 4. The van der Waals surface area contributed by atoms with E-state index in [1.165, 1.54) is 0 Å². The van der Waals surface area contributed by atoms with Crippen LogP contribution in [0.3, 0.4) is 0 Å². The molecule has 0 atom stereocenters. The number of benzene rings is 2. The second kappa shape index (κ2) is 9.26. The number of aryl methyl sites for hydroxylation is 3. The van der Waals surface area contributed by atoms with Gasteiger partial charge in [0.15, 0.2) is 0 Å². The molecular weight excluding hydrogens is 378 g/mol. The van der Waals surface area contributed by atoms with Gasteiger partial charge in [-0.2, -0.15) is 5.10 Å². The van der Waals surface area contributed by atoms with Crippen molar-refractivity contribution >= 4 is 17.6 Å². The summed E-state index contributed by atoms with van der Waals surface area (Å²) in [4.78, 5) is 17.4. The molecule has 3 aromatic rings. The Morgan fingerprint density at radius 1 is 1.13 bits per heavy atom. The third-order valence-corrected chi connectivity index (χ3v) is 4.92. The molecule has 0 aliphatic carbocycles. The maximum absolute atomic E-state index is 12.8. The van der Waals surface area contributed by atoms with Crippen molar-refractivity contribution in [2.24, 2.45) is 12.0 Å². The van der Waals surface area contributed by atoms with Crippen LogP contribution in [0.1, 0.15) is 32.9 Å². The summed E-state index contributed by atoms with van der Waals surface area (Å²) < 4.78 is 6.99. The predicted octanol–water partition coefficient (Wildman–Crippen LogP) is 3.75. The van der Waals surface area contributed by atoms with Gasteiger partial charge in [-0.15, -0.1) is 0 Å². The SMILES string of the molecule is COc1ccc(C(=O)NC(=NCc2c(C)nn(C)c2C)Nc2cccc(C)c2)cc1. The zero-order valence-corrected chi connectivity index (χ0v) is 18.0. The highest BCUT2D eigenvalue weighted by atomic mass is 16.5. The molecule has 1 aromatic heterocycles. The molecule has 1 heterocycles. The summed E-state index contributed by atoms with van der Waals surface area (Å²) in [5.74, 6) is 0.820. The number of methoxy groups -OCH3 is 1. The van der Waals surface area contributed by atoms with Crippen LogP contribution in [0, 0.1) is 20.8 Å². The van der Waals surface area contributed by atoms with Crippen LogP contribution in [0.15, 0.2) is 53.5 Å². The number of amides is 1. The van der Waals surface area contributed by atoms with E-state index in [2.05, 4.69) is 20.7 Å². The minimum atomic E-state index is -0.254. The molecule has 7 heteroatoms. The third kappa shape index (κ3) is 5.05. The predicted molar refractivity (Wildman–Crippen MR) is 119 cm³/mol. The van der Waals surface area contributed by atoms with Crippen LogP contribution in [0.5, 0.6) is 5.75 Å². The van der Waals surface area contributed by atoms with Gasteiger partial charge >= 0.3 is 0 Å². The van der Waals surface area contributed by atoms with Gasteiger partial charge in [0.2, 0.25) is 5.96 Å². The molecule has 30 heavy (non-hydrogen) atoms. The van der Waals surface area contributed by atoms with E-state index in [1.54, 1.807) is 31.4 Å². The highest BCUT2D eigenvalue weighted by Gasteiger charge is 2.12. The van der Waals surface area contributed by atoms with Crippen LogP contribution in [0.25, 0.3) is 0 Å². The molecule has 0 aliphatic rings. The lowest BCUT2D eigenvalue weighted by Gasteiger charge is -2.13. The van der Waals surface area contributed by atoms with Crippen molar-refractivity contribution < 1.29 is 9.53 Å². The largest absolute Gasteiger partial charge is 0.497 e. The fraction of sp³-hybridized carbons (Fsp3) is 0.261. The van der Waals surface area contributed by atoms with Crippen LogP contribution in [0.2, 0.25) is 0 Å². The third-order valence-electron chi connectivity index (χ3n) is 4.92. The van der Waals surface area contributed by atoms with Gasteiger partial charge in [0.1, 0.15) is 5.75 Å². The van der Waals surface area contributed by atoms with Gasteiger partial charge in [0.05, 0.1) is 19.3 Å². The van der Waals surface area contributed by atoms with Gasteiger partial charge in [0, 0.05) is 29.6 Å². The molecule has 0 saturated carbocycles. The molecule has 3 rings (SSSR count). The molecule has 0 radical (unpaired) electrons. The average Bonchev–Trinajstić information content (AvgIpc) is 2.97. The summed E-state index contributed by atoms with van der Waals surface area (Å²) >= 11 is 0. The Labute approximate surface area is 176 Å². The molecule has 0 aliphatic heterocycles. The Hall–Kier alpha value is -3.61. The lowest BCUT2D eigenvalue weighted by Crippen LogP contribution is -2.36. The first-order chi connectivity index (χ1) is 14.4. The van der Waals surface area contributed by atoms with Gasteiger partial charge in [-0.1, -0.05) is 12.1 Å². The lowest BCUT2D eigenvalue weighted by atomic mass is 10.2. The van der Waals surface area contributed by atoms with E-state index in [9.17, 15) is 4.79 Å². The smallest absolute Gasteiger partial charge is 0.257 e. The average molecular weight is 406 g/mol. The summed E-state index contributed by atoms with van der Waals surface area (Å²) in [6.45, 7) is 6.39. The number of carbonyl (C=O) groups excluding carboxylic acids is 1. The first kappa shape index (κ1) is 21.1. The van der Waals surface area contributed by atoms with E-state index >= 15 is 0 Å². The zero-order chi connectivity index (χ0) is 21.7. The topological polar surface area (TPSA) is 80.5 Å². The number of rotatable bonds is 5. The Balaban J connectivity index is 1.85. The van der Waals surface area contributed by atoms with Crippen molar-refractivity contribution in [3.8, 4) is 5.75 Å². The molecule has 2 N–H and O–H groups in total. The van der Waals surface area contributed by atoms with E-state index in [-0.39, 0.29) is 5.91 Å². The normalized spacial score (nSPS) is 11.3. The number of aromatic nitrogens is 2. The minimum absolute atomic E-state index is 0.254. The second-order valence-electron chi connectivity index (χ2n) is 7.11. The summed E-state index contributed by atoms with van der Waals surface area (Å²) in [5.41, 5.74) is 5.49. The van der Waals surface area contributed by atoms with Crippen molar-refractivity contribution in [3.63, 3.8) is 0 Å². The molecule has 1 amide bonds. The van der Waals surface area contributed by atoms with Gasteiger partial charge in [0.25, 0.3) is 5.91 Å². The van der Waals surface area contributed by atoms with Crippen LogP contribution in [-0.2, 0) is 13.6 Å². The van der Waals surface area contributed by atoms with Crippen molar-refractivity contribution in [2.45, 2.75) is 27.3 Å². The summed E-state index contributed by atoms with van der Waals surface area (Å²) in [6.07, 6.45) is 0. The Kier molecular flexibility index (Phi) is 6.51. The van der Waals surface area contributed by atoms with Crippen molar-refractivity contribution in [1.29, 1.82) is 0 Å². The fourth-order valence-corrected chi connectivity index (χ4v) is 3.10. The maximum atomic E-state index is 12.8. The number of guanidine groups is 1. The van der Waals surface area contributed by atoms with Gasteiger partial charge < -0.3 is 10.1 Å². The maximum Gasteiger partial charge on any atom is 0.257 e. The minimum Gasteiger partial charge on any atom is -0.497 e. The van der Waals surface area contributed by atoms with E-state index in [0.717, 1.165) is 28.2 Å². The highest BCUT2D eigenvalue weighted by molar-refractivity contribution is 6.10. The van der Waals surface area contributed by atoms with Crippen molar-refractivity contribution in [3.05, 3.63) is 76.6 Å². The highest BCUT2D eigenvalue weighted by Crippen LogP contribution is 2.15. The van der Waals surface area contributed by atoms with Crippen molar-refractivity contribution in [2.75, 3.05) is 12.4 Å². The first-order valence-corrected chi connectivity index (χ1v) is 9.70. The van der Waals surface area contributed by atoms with Crippen LogP contribution < -0.4 is 15.4 Å². The summed E-state index contributed by atoms with van der Waals surface area (Å²) in [5, 5.41) is 10.5. The van der Waals surface area contributed by atoms with Crippen LogP contribution >= 0.6 is 0 Å². The van der Waals surface area contributed by atoms with Crippen LogP contribution in [0.4, 0.5) is 5.69 Å². The molecule has 156 valence electrons. The van der Waals surface area contributed by atoms with E-state index in [1.807, 2.05) is 56.8 Å². The number of anilines is 1. The molecule has 0 spiro atoms. The zero-order valence-electron chi connectivity index (χ0n) is 18.0. The number of hydrogen-bond donors (Lipinski definition) is 2. The summed E-state index contributed by atoms with van der Waals surface area (Å²) in [7, 11) is 3.50. The first-order valence-electron chi connectivity index (χ1n) is 9.70. The van der Waals surface area contributed by atoms with Gasteiger partial charge in [-0.3, -0.25) is 14.8 Å². The number of aliphatic imine (C=N–C) groups is 1. The van der Waals surface area contributed by atoms with Gasteiger partial charge in [-0.25, -0.2) is 4.99 Å². The molecule has 0 fully saturated rings. The number of carbonyl (C=O) groups is 1. The van der Waals surface area contributed by atoms with E-state index in [0.29, 0.717) is 23.8 Å². The standard InChI is InChI=1S/C23H27N5O2/c1-15-7-6-8-19(13-15)25-23(24-14-21-16(2)27-28(4)17(21)3)26-22(29)18-9-11-20(30-5)12-10-18/h6-13H,14H2,1-5H3,(H2,24,25,26,29). The Bertz CT molecular complexity index is 1070. The monoisotopic (exact) mass is 405 g/mol. The fourth-order valence-electron chi connectivity index (χ4n) is 3.10. The lowest BCUT2D eigenvalue weighted by molar-refractivity contribution is 0.0977. The van der Waals surface area contributed by atoms with E-state index < -0.39 is 0 Å². The quantitative estimate of drug-likeness (QED) is 0.500. The molecular formula is C23H27N5O2. The van der Waals surface area contributed by atoms with Crippen molar-refractivity contribution in [1.82, 2.24) is 15.1 Å². The Morgan fingerprint density at radius 2 is 1.87 bits per heavy atom. The van der Waals surface area contributed by atoms with E-state index in [4.69, 9.17) is 4.74 Å². The number of nitrogens with one attached hydrogen (secondary N) is 2.